The van der Waals surface area contributed by atoms with E-state index in [1.807, 2.05) is 25.1 Å². The Hall–Kier alpha value is -0.930. The minimum atomic E-state index is -0.0449. The van der Waals surface area contributed by atoms with Gasteiger partial charge in [0.25, 0.3) is 5.91 Å². The summed E-state index contributed by atoms with van der Waals surface area (Å²) in [5.41, 5.74) is 0.628. The van der Waals surface area contributed by atoms with Gasteiger partial charge >= 0.3 is 0 Å². The molecule has 5 heteroatoms. The Morgan fingerprint density at radius 3 is 2.75 bits per heavy atom. The predicted octanol–water partition coefficient (Wildman–Crippen LogP) is 2.43. The lowest BCUT2D eigenvalue weighted by Gasteiger charge is -2.13. The summed E-state index contributed by atoms with van der Waals surface area (Å²) in [6.07, 6.45) is 0.983. The number of amides is 1. The van der Waals surface area contributed by atoms with Crippen molar-refractivity contribution in [3.63, 3.8) is 0 Å². The van der Waals surface area contributed by atoms with Crippen LogP contribution in [0.25, 0.3) is 0 Å². The minimum Gasteiger partial charge on any atom is -0.488 e. The summed E-state index contributed by atoms with van der Waals surface area (Å²) in [6.45, 7) is 2.63. The van der Waals surface area contributed by atoms with Crippen LogP contribution < -0.4 is 10.1 Å². The predicted molar refractivity (Wildman–Crippen MR) is 68.0 cm³/mol. The molecule has 1 heterocycles. The number of carbonyl (C=O) groups excluding carboxylic acids is 1. The molecule has 1 atom stereocenters. The molecule has 16 heavy (non-hydrogen) atoms. The highest BCUT2D eigenvalue weighted by molar-refractivity contribution is 5.97. The van der Waals surface area contributed by atoms with Crippen LogP contribution in [0.5, 0.6) is 5.75 Å². The summed E-state index contributed by atoms with van der Waals surface area (Å²) >= 11 is 0. The van der Waals surface area contributed by atoms with Gasteiger partial charge < -0.3 is 10.1 Å². The number of halogens is 2. The van der Waals surface area contributed by atoms with Crippen LogP contribution in [0.2, 0.25) is 0 Å². The van der Waals surface area contributed by atoms with E-state index in [0.29, 0.717) is 17.9 Å². The number of hydrogen-bond donors (Lipinski definition) is 1. The fourth-order valence-corrected chi connectivity index (χ4v) is 1.51. The van der Waals surface area contributed by atoms with Crippen LogP contribution in [-0.4, -0.2) is 18.6 Å². The van der Waals surface area contributed by atoms with Crippen molar-refractivity contribution in [1.29, 1.82) is 0 Å². The Labute approximate surface area is 107 Å². The van der Waals surface area contributed by atoms with E-state index in [0.717, 1.165) is 6.42 Å². The Balaban J connectivity index is 0.00000112. The van der Waals surface area contributed by atoms with Gasteiger partial charge in [0.05, 0.1) is 12.1 Å². The van der Waals surface area contributed by atoms with E-state index in [2.05, 4.69) is 5.32 Å². The van der Waals surface area contributed by atoms with Crippen LogP contribution in [0.15, 0.2) is 24.3 Å². The molecule has 1 aliphatic heterocycles. The molecule has 0 fully saturated rings. The summed E-state index contributed by atoms with van der Waals surface area (Å²) in [5, 5.41) is 2.84. The number of fused-ring (bicyclic) bond motifs is 1. The van der Waals surface area contributed by atoms with E-state index in [1.165, 1.54) is 0 Å². The maximum absolute atomic E-state index is 11.6. The number of ether oxygens (including phenoxy) is 1. The molecule has 0 bridgehead atoms. The van der Waals surface area contributed by atoms with Gasteiger partial charge in [-0.3, -0.25) is 4.79 Å². The lowest BCUT2D eigenvalue weighted by atomic mass is 10.2. The molecule has 1 amide bonds. The molecule has 2 rings (SSSR count). The molecule has 0 aromatic heterocycles. The van der Waals surface area contributed by atoms with Crippen LogP contribution in [0.4, 0.5) is 0 Å². The highest BCUT2D eigenvalue weighted by Gasteiger charge is 2.20. The van der Waals surface area contributed by atoms with Crippen LogP contribution in [0, 0.1) is 0 Å². The van der Waals surface area contributed by atoms with Crippen molar-refractivity contribution >= 4 is 30.7 Å². The Kier molecular flexibility index (Phi) is 6.22. The van der Waals surface area contributed by atoms with E-state index in [1.54, 1.807) is 6.07 Å². The standard InChI is InChI=1S/C11H13NO2.2ClH/c1-2-8-7-12-11(13)9-5-3-4-6-10(9)14-8;;/h3-6,8H,2,7H2,1H3,(H,12,13);2*1H. The minimum absolute atomic E-state index is 0. The second-order valence-electron chi connectivity index (χ2n) is 3.35. The van der Waals surface area contributed by atoms with E-state index in [9.17, 15) is 4.79 Å². The molecule has 1 unspecified atom stereocenters. The van der Waals surface area contributed by atoms with Gasteiger partial charge in [-0.05, 0) is 18.6 Å². The summed E-state index contributed by atoms with van der Waals surface area (Å²) in [6, 6.07) is 7.34. The number of hydrogen-bond acceptors (Lipinski definition) is 2. The first-order chi connectivity index (χ1) is 6.81. The van der Waals surface area contributed by atoms with Crippen LogP contribution in [0.3, 0.4) is 0 Å². The van der Waals surface area contributed by atoms with Crippen LogP contribution >= 0.6 is 24.8 Å². The smallest absolute Gasteiger partial charge is 0.255 e. The van der Waals surface area contributed by atoms with Crippen molar-refractivity contribution in [3.8, 4) is 5.75 Å². The number of benzene rings is 1. The molecular formula is C11H15Cl2NO2. The molecule has 0 radical (unpaired) electrons. The molecule has 0 saturated heterocycles. The first-order valence-electron chi connectivity index (χ1n) is 4.85. The van der Waals surface area contributed by atoms with E-state index >= 15 is 0 Å². The van der Waals surface area contributed by atoms with Gasteiger partial charge in [0.15, 0.2) is 0 Å². The Morgan fingerprint density at radius 2 is 2.06 bits per heavy atom. The van der Waals surface area contributed by atoms with Gasteiger partial charge in [0, 0.05) is 0 Å². The molecule has 90 valence electrons. The van der Waals surface area contributed by atoms with Crippen molar-refractivity contribution in [2.75, 3.05) is 6.54 Å². The van der Waals surface area contributed by atoms with Crippen molar-refractivity contribution in [2.45, 2.75) is 19.4 Å². The highest BCUT2D eigenvalue weighted by Crippen LogP contribution is 2.21. The largest absolute Gasteiger partial charge is 0.488 e. The SMILES string of the molecule is CCC1CNC(=O)c2ccccc2O1.Cl.Cl. The fourth-order valence-electron chi connectivity index (χ4n) is 1.51. The lowest BCUT2D eigenvalue weighted by molar-refractivity contribution is 0.0950. The number of nitrogens with one attached hydrogen (secondary N) is 1. The first-order valence-corrected chi connectivity index (χ1v) is 4.85. The Bertz CT molecular complexity index is 358. The Morgan fingerprint density at radius 1 is 1.38 bits per heavy atom. The quantitative estimate of drug-likeness (QED) is 0.846. The first kappa shape index (κ1) is 15.1. The number of para-hydroxylation sites is 1. The topological polar surface area (TPSA) is 38.3 Å². The highest BCUT2D eigenvalue weighted by atomic mass is 35.5. The zero-order valence-corrected chi connectivity index (χ0v) is 10.6. The van der Waals surface area contributed by atoms with E-state index in [-0.39, 0.29) is 36.8 Å². The molecular weight excluding hydrogens is 249 g/mol. The van der Waals surface area contributed by atoms with E-state index < -0.39 is 0 Å². The molecule has 0 spiro atoms. The fraction of sp³-hybridized carbons (Fsp3) is 0.364. The van der Waals surface area contributed by atoms with Gasteiger partial charge in [-0.25, -0.2) is 0 Å². The van der Waals surface area contributed by atoms with Gasteiger partial charge in [0.1, 0.15) is 11.9 Å². The monoisotopic (exact) mass is 263 g/mol. The van der Waals surface area contributed by atoms with Crippen molar-refractivity contribution < 1.29 is 9.53 Å². The molecule has 0 aliphatic carbocycles. The average molecular weight is 264 g/mol. The molecule has 1 N–H and O–H groups in total. The van der Waals surface area contributed by atoms with E-state index in [4.69, 9.17) is 4.74 Å². The second kappa shape index (κ2) is 6.61. The molecule has 1 aromatic carbocycles. The average Bonchev–Trinajstić information content (AvgIpc) is 2.39. The van der Waals surface area contributed by atoms with Crippen molar-refractivity contribution in [1.82, 2.24) is 5.32 Å². The molecule has 1 aliphatic rings. The normalized spacial score (nSPS) is 17.8. The van der Waals surface area contributed by atoms with Crippen LogP contribution in [0.1, 0.15) is 23.7 Å². The summed E-state index contributed by atoms with van der Waals surface area (Å²) < 4.78 is 5.69. The second-order valence-corrected chi connectivity index (χ2v) is 3.35. The summed E-state index contributed by atoms with van der Waals surface area (Å²) in [7, 11) is 0. The third-order valence-corrected chi connectivity index (χ3v) is 2.37. The van der Waals surface area contributed by atoms with Gasteiger partial charge in [-0.15, -0.1) is 24.8 Å². The number of carbonyl (C=O) groups is 1. The molecule has 0 saturated carbocycles. The van der Waals surface area contributed by atoms with Gasteiger partial charge in [0.2, 0.25) is 0 Å². The lowest BCUT2D eigenvalue weighted by Crippen LogP contribution is -2.31. The summed E-state index contributed by atoms with van der Waals surface area (Å²) in [4.78, 5) is 11.6. The van der Waals surface area contributed by atoms with Crippen LogP contribution in [-0.2, 0) is 0 Å². The van der Waals surface area contributed by atoms with Crippen molar-refractivity contribution in [2.24, 2.45) is 0 Å². The third-order valence-electron chi connectivity index (χ3n) is 2.37. The molecule has 3 nitrogen and oxygen atoms in total. The maximum Gasteiger partial charge on any atom is 0.255 e. The number of rotatable bonds is 1. The zero-order valence-electron chi connectivity index (χ0n) is 8.93. The van der Waals surface area contributed by atoms with Crippen molar-refractivity contribution in [3.05, 3.63) is 29.8 Å². The van der Waals surface area contributed by atoms with Gasteiger partial charge in [-0.2, -0.15) is 0 Å². The summed E-state index contributed by atoms with van der Waals surface area (Å²) in [5.74, 6) is 0.644. The zero-order chi connectivity index (χ0) is 9.97. The molecule has 1 aromatic rings. The third kappa shape index (κ3) is 3.03. The van der Waals surface area contributed by atoms with Gasteiger partial charge in [-0.1, -0.05) is 19.1 Å². The maximum atomic E-state index is 11.6.